The maximum Gasteiger partial charge on any atom is 0.0108 e. The second-order valence-corrected chi connectivity index (χ2v) is 6.97. The zero-order valence-electron chi connectivity index (χ0n) is 14.6. The molecular weight excluding hydrogens is 244 g/mol. The number of hydrogen-bond acceptors (Lipinski definition) is 2. The first kappa shape index (κ1) is 18.0. The molecule has 1 rings (SSSR count). The van der Waals surface area contributed by atoms with Crippen molar-refractivity contribution in [3.05, 3.63) is 0 Å². The van der Waals surface area contributed by atoms with Crippen LogP contribution < -0.4 is 5.32 Å². The summed E-state index contributed by atoms with van der Waals surface area (Å²) in [7, 11) is 0. The molecule has 1 fully saturated rings. The van der Waals surface area contributed by atoms with Crippen LogP contribution in [0.2, 0.25) is 0 Å². The molecule has 3 unspecified atom stereocenters. The molecular formula is C18H38N2. The summed E-state index contributed by atoms with van der Waals surface area (Å²) in [5.74, 6) is 1.84. The highest BCUT2D eigenvalue weighted by Gasteiger charge is 2.31. The van der Waals surface area contributed by atoms with E-state index >= 15 is 0 Å². The lowest BCUT2D eigenvalue weighted by molar-refractivity contribution is 0.121. The van der Waals surface area contributed by atoms with Gasteiger partial charge in [0.1, 0.15) is 0 Å². The summed E-state index contributed by atoms with van der Waals surface area (Å²) in [5, 5.41) is 3.83. The van der Waals surface area contributed by atoms with E-state index < -0.39 is 0 Å². The molecule has 2 heteroatoms. The molecule has 1 N–H and O–H groups in total. The maximum absolute atomic E-state index is 3.83. The molecule has 1 aliphatic carbocycles. The highest BCUT2D eigenvalue weighted by Crippen LogP contribution is 2.33. The van der Waals surface area contributed by atoms with E-state index in [1.165, 1.54) is 58.2 Å². The predicted octanol–water partition coefficient (Wildman–Crippen LogP) is 4.30. The second-order valence-electron chi connectivity index (χ2n) is 6.97. The summed E-state index contributed by atoms with van der Waals surface area (Å²) in [6, 6.07) is 1.44. The third-order valence-electron chi connectivity index (χ3n) is 5.05. The third kappa shape index (κ3) is 5.73. The van der Waals surface area contributed by atoms with Crippen LogP contribution in [0.25, 0.3) is 0 Å². The summed E-state index contributed by atoms with van der Waals surface area (Å²) in [6.07, 6.45) is 8.32. The first-order chi connectivity index (χ1) is 9.62. The fourth-order valence-electron chi connectivity index (χ4n) is 3.84. The van der Waals surface area contributed by atoms with Crippen molar-refractivity contribution in [3.63, 3.8) is 0 Å². The molecule has 0 aromatic carbocycles. The second kappa shape index (κ2) is 9.78. The van der Waals surface area contributed by atoms with Crippen LogP contribution in [0.5, 0.6) is 0 Å². The van der Waals surface area contributed by atoms with Gasteiger partial charge in [0.05, 0.1) is 0 Å². The number of nitrogens with one attached hydrogen (secondary N) is 1. The lowest BCUT2D eigenvalue weighted by Gasteiger charge is -2.40. The van der Waals surface area contributed by atoms with E-state index in [1.807, 2.05) is 0 Å². The summed E-state index contributed by atoms with van der Waals surface area (Å²) < 4.78 is 0. The Hall–Kier alpha value is -0.0800. The zero-order chi connectivity index (χ0) is 15.0. The first-order valence-electron chi connectivity index (χ1n) is 9.09. The Kier molecular flexibility index (Phi) is 8.79. The Labute approximate surface area is 127 Å². The van der Waals surface area contributed by atoms with Crippen molar-refractivity contribution in [3.8, 4) is 0 Å². The largest absolute Gasteiger partial charge is 0.314 e. The molecule has 0 aromatic rings. The lowest BCUT2D eigenvalue weighted by Crippen LogP contribution is -2.47. The van der Waals surface area contributed by atoms with Crippen LogP contribution in [-0.4, -0.2) is 36.6 Å². The molecule has 0 aliphatic heterocycles. The SMILES string of the molecule is CCCNC1CCC(CCC)CC1CN(CC)C(C)C. The minimum Gasteiger partial charge on any atom is -0.314 e. The van der Waals surface area contributed by atoms with E-state index in [0.29, 0.717) is 6.04 Å². The maximum atomic E-state index is 3.83. The van der Waals surface area contributed by atoms with E-state index in [0.717, 1.165) is 17.9 Å². The highest BCUT2D eigenvalue weighted by atomic mass is 15.1. The normalized spacial score (nSPS) is 27.4. The molecule has 0 heterocycles. The number of rotatable bonds is 9. The van der Waals surface area contributed by atoms with Gasteiger partial charge in [-0.1, -0.05) is 33.6 Å². The first-order valence-corrected chi connectivity index (χ1v) is 9.09. The summed E-state index contributed by atoms with van der Waals surface area (Å²) in [6.45, 7) is 15.3. The Balaban J connectivity index is 2.60. The quantitative estimate of drug-likeness (QED) is 0.678. The van der Waals surface area contributed by atoms with Crippen molar-refractivity contribution >= 4 is 0 Å². The molecule has 3 atom stereocenters. The van der Waals surface area contributed by atoms with Crippen molar-refractivity contribution in [2.24, 2.45) is 11.8 Å². The molecule has 1 saturated carbocycles. The van der Waals surface area contributed by atoms with E-state index in [1.54, 1.807) is 0 Å². The van der Waals surface area contributed by atoms with Crippen molar-refractivity contribution in [1.82, 2.24) is 10.2 Å². The third-order valence-corrected chi connectivity index (χ3v) is 5.05. The van der Waals surface area contributed by atoms with Gasteiger partial charge in [-0.15, -0.1) is 0 Å². The van der Waals surface area contributed by atoms with Gasteiger partial charge < -0.3 is 10.2 Å². The van der Waals surface area contributed by atoms with Crippen LogP contribution >= 0.6 is 0 Å². The van der Waals surface area contributed by atoms with Crippen molar-refractivity contribution in [1.29, 1.82) is 0 Å². The van der Waals surface area contributed by atoms with Gasteiger partial charge in [-0.2, -0.15) is 0 Å². The summed E-state index contributed by atoms with van der Waals surface area (Å²) in [4.78, 5) is 2.65. The highest BCUT2D eigenvalue weighted by molar-refractivity contribution is 4.87. The van der Waals surface area contributed by atoms with Crippen LogP contribution in [0.3, 0.4) is 0 Å². The molecule has 20 heavy (non-hydrogen) atoms. The van der Waals surface area contributed by atoms with Crippen LogP contribution in [0.1, 0.15) is 73.1 Å². The average molecular weight is 283 g/mol. The standard InChI is InChI=1S/C18H38N2/c1-6-9-16-10-11-18(19-12-7-2)17(13-16)14-20(8-3)15(4)5/h15-19H,6-14H2,1-5H3. The molecule has 0 radical (unpaired) electrons. The Morgan fingerprint density at radius 3 is 2.40 bits per heavy atom. The smallest absolute Gasteiger partial charge is 0.0108 e. The van der Waals surface area contributed by atoms with Crippen LogP contribution in [-0.2, 0) is 0 Å². The Morgan fingerprint density at radius 1 is 1.10 bits per heavy atom. The van der Waals surface area contributed by atoms with Crippen molar-refractivity contribution in [2.75, 3.05) is 19.6 Å². The Bertz CT molecular complexity index is 240. The number of nitrogens with zero attached hydrogens (tertiary/aromatic N) is 1. The van der Waals surface area contributed by atoms with Gasteiger partial charge in [0.2, 0.25) is 0 Å². The van der Waals surface area contributed by atoms with E-state index in [2.05, 4.69) is 44.8 Å². The minimum atomic E-state index is 0.679. The molecule has 0 amide bonds. The van der Waals surface area contributed by atoms with Crippen LogP contribution in [0, 0.1) is 11.8 Å². The van der Waals surface area contributed by atoms with Crippen molar-refractivity contribution in [2.45, 2.75) is 85.2 Å². The summed E-state index contributed by atoms with van der Waals surface area (Å²) >= 11 is 0. The predicted molar refractivity (Wildman–Crippen MR) is 90.2 cm³/mol. The van der Waals surface area contributed by atoms with Gasteiger partial charge in [-0.25, -0.2) is 0 Å². The van der Waals surface area contributed by atoms with Gasteiger partial charge in [0, 0.05) is 18.6 Å². The topological polar surface area (TPSA) is 15.3 Å². The number of hydrogen-bond donors (Lipinski definition) is 1. The average Bonchev–Trinajstić information content (AvgIpc) is 2.43. The molecule has 0 saturated heterocycles. The molecule has 0 spiro atoms. The van der Waals surface area contributed by atoms with Crippen LogP contribution in [0.4, 0.5) is 0 Å². The molecule has 2 nitrogen and oxygen atoms in total. The van der Waals surface area contributed by atoms with Gasteiger partial charge in [0.15, 0.2) is 0 Å². The summed E-state index contributed by atoms with van der Waals surface area (Å²) in [5.41, 5.74) is 0. The van der Waals surface area contributed by atoms with Gasteiger partial charge in [0.25, 0.3) is 0 Å². The van der Waals surface area contributed by atoms with E-state index in [9.17, 15) is 0 Å². The molecule has 1 aliphatic rings. The fraction of sp³-hybridized carbons (Fsp3) is 1.00. The lowest BCUT2D eigenvalue weighted by atomic mass is 9.76. The van der Waals surface area contributed by atoms with E-state index in [4.69, 9.17) is 0 Å². The van der Waals surface area contributed by atoms with Crippen molar-refractivity contribution < 1.29 is 0 Å². The molecule has 120 valence electrons. The van der Waals surface area contributed by atoms with Gasteiger partial charge in [-0.05, 0) is 64.5 Å². The zero-order valence-corrected chi connectivity index (χ0v) is 14.6. The molecule has 0 aromatic heterocycles. The fourth-order valence-corrected chi connectivity index (χ4v) is 3.84. The van der Waals surface area contributed by atoms with Gasteiger partial charge >= 0.3 is 0 Å². The molecule has 0 bridgehead atoms. The van der Waals surface area contributed by atoms with Gasteiger partial charge in [-0.3, -0.25) is 0 Å². The minimum absolute atomic E-state index is 0.679. The monoisotopic (exact) mass is 282 g/mol. The van der Waals surface area contributed by atoms with E-state index in [-0.39, 0.29) is 0 Å². The Morgan fingerprint density at radius 2 is 1.85 bits per heavy atom. The van der Waals surface area contributed by atoms with Crippen LogP contribution in [0.15, 0.2) is 0 Å².